The Kier molecular flexibility index (Phi) is 3.77. The van der Waals surface area contributed by atoms with E-state index >= 15 is 0 Å². The third kappa shape index (κ3) is 3.33. The third-order valence-corrected chi connectivity index (χ3v) is 3.25. The van der Waals surface area contributed by atoms with Crippen molar-refractivity contribution in [2.24, 2.45) is 0 Å². The molecule has 4 nitrogen and oxygen atoms in total. The molecule has 3 rings (SSSR count). The quantitative estimate of drug-likeness (QED) is 0.741. The summed E-state index contributed by atoms with van der Waals surface area (Å²) in [6.45, 7) is 0.0749. The van der Waals surface area contributed by atoms with Crippen molar-refractivity contribution in [1.82, 2.24) is 9.78 Å². The normalized spacial score (nSPS) is 11.6. The summed E-state index contributed by atoms with van der Waals surface area (Å²) in [5.74, 6) is 0.506. The molecule has 0 atom stereocenters. The number of furan rings is 1. The summed E-state index contributed by atoms with van der Waals surface area (Å²) in [4.78, 5) is 11.9. The van der Waals surface area contributed by atoms with Crippen LogP contribution in [-0.4, -0.2) is 9.78 Å². The summed E-state index contributed by atoms with van der Waals surface area (Å²) < 4.78 is 44.0. The van der Waals surface area contributed by atoms with Gasteiger partial charge in [0.05, 0.1) is 18.4 Å². The maximum atomic E-state index is 12.5. The van der Waals surface area contributed by atoms with Gasteiger partial charge in [0, 0.05) is 6.07 Å². The number of hydrogen-bond donors (Lipinski definition) is 0. The molecular formula is C16H11F3N2O2. The van der Waals surface area contributed by atoms with Gasteiger partial charge >= 0.3 is 6.18 Å². The van der Waals surface area contributed by atoms with Crippen LogP contribution in [0.4, 0.5) is 13.2 Å². The van der Waals surface area contributed by atoms with Gasteiger partial charge in [0.1, 0.15) is 5.69 Å². The van der Waals surface area contributed by atoms with E-state index in [0.29, 0.717) is 17.0 Å². The Balaban J connectivity index is 1.88. The summed E-state index contributed by atoms with van der Waals surface area (Å²) in [6.07, 6.45) is -2.89. The van der Waals surface area contributed by atoms with Gasteiger partial charge < -0.3 is 4.42 Å². The molecule has 3 aromatic rings. The van der Waals surface area contributed by atoms with Crippen LogP contribution in [0.3, 0.4) is 0 Å². The lowest BCUT2D eigenvalue weighted by Gasteiger charge is -2.09. The SMILES string of the molecule is O=c1ccc(-c2ccco2)nn1Cc1ccc(C(F)(F)F)cc1. The molecule has 0 fully saturated rings. The fourth-order valence-corrected chi connectivity index (χ4v) is 2.09. The van der Waals surface area contributed by atoms with Crippen LogP contribution < -0.4 is 5.56 Å². The van der Waals surface area contributed by atoms with E-state index in [0.717, 1.165) is 12.1 Å². The predicted molar refractivity (Wildman–Crippen MR) is 76.7 cm³/mol. The largest absolute Gasteiger partial charge is 0.463 e. The number of rotatable bonds is 3. The minimum Gasteiger partial charge on any atom is -0.463 e. The third-order valence-electron chi connectivity index (χ3n) is 3.25. The van der Waals surface area contributed by atoms with Gasteiger partial charge in [0.25, 0.3) is 5.56 Å². The maximum absolute atomic E-state index is 12.5. The number of nitrogens with zero attached hydrogens (tertiary/aromatic N) is 2. The number of benzene rings is 1. The van der Waals surface area contributed by atoms with Gasteiger partial charge in [-0.3, -0.25) is 4.79 Å². The van der Waals surface area contributed by atoms with Crippen LogP contribution >= 0.6 is 0 Å². The Morgan fingerprint density at radius 1 is 1.04 bits per heavy atom. The smallest absolute Gasteiger partial charge is 0.416 e. The first-order valence-corrected chi connectivity index (χ1v) is 6.72. The van der Waals surface area contributed by atoms with Crippen molar-refractivity contribution in [2.45, 2.75) is 12.7 Å². The average Bonchev–Trinajstić information content (AvgIpc) is 3.03. The molecule has 2 aromatic heterocycles. The lowest BCUT2D eigenvalue weighted by molar-refractivity contribution is -0.137. The first-order valence-electron chi connectivity index (χ1n) is 6.72. The second-order valence-corrected chi connectivity index (χ2v) is 4.89. The van der Waals surface area contributed by atoms with Crippen LogP contribution in [-0.2, 0) is 12.7 Å². The van der Waals surface area contributed by atoms with Gasteiger partial charge in [-0.2, -0.15) is 18.3 Å². The summed E-state index contributed by atoms with van der Waals surface area (Å²) in [5, 5.41) is 4.17. The van der Waals surface area contributed by atoms with E-state index in [2.05, 4.69) is 5.10 Å². The average molecular weight is 320 g/mol. The van der Waals surface area contributed by atoms with Crippen LogP contribution in [0.2, 0.25) is 0 Å². The van der Waals surface area contributed by atoms with E-state index in [1.807, 2.05) is 0 Å². The van der Waals surface area contributed by atoms with Crippen LogP contribution in [0.5, 0.6) is 0 Å². The standard InChI is InChI=1S/C16H11F3N2O2/c17-16(18,19)12-5-3-11(4-6-12)10-21-15(22)8-7-13(20-21)14-2-1-9-23-14/h1-9H,10H2. The molecule has 0 amide bonds. The highest BCUT2D eigenvalue weighted by Gasteiger charge is 2.29. The summed E-state index contributed by atoms with van der Waals surface area (Å²) in [7, 11) is 0. The molecule has 0 bridgehead atoms. The van der Waals surface area contributed by atoms with Crippen LogP contribution in [0.15, 0.2) is 64.0 Å². The van der Waals surface area contributed by atoms with Gasteiger partial charge in [-0.05, 0) is 35.9 Å². The zero-order valence-corrected chi connectivity index (χ0v) is 11.7. The molecule has 23 heavy (non-hydrogen) atoms. The highest BCUT2D eigenvalue weighted by atomic mass is 19.4. The van der Waals surface area contributed by atoms with Crippen LogP contribution in [0.1, 0.15) is 11.1 Å². The Morgan fingerprint density at radius 2 is 1.78 bits per heavy atom. The van der Waals surface area contributed by atoms with Crippen LogP contribution in [0.25, 0.3) is 11.5 Å². The molecule has 2 heterocycles. The van der Waals surface area contributed by atoms with Crippen molar-refractivity contribution in [2.75, 3.05) is 0 Å². The second kappa shape index (κ2) is 5.75. The first-order chi connectivity index (χ1) is 10.9. The van der Waals surface area contributed by atoms with Crippen LogP contribution in [0, 0.1) is 0 Å². The Hall–Kier alpha value is -2.83. The van der Waals surface area contributed by atoms with E-state index in [1.165, 1.54) is 35.2 Å². The molecule has 0 unspecified atom stereocenters. The number of halogens is 3. The predicted octanol–water partition coefficient (Wildman–Crippen LogP) is 3.57. The van der Waals surface area contributed by atoms with Crippen molar-refractivity contribution in [3.8, 4) is 11.5 Å². The molecule has 0 aliphatic rings. The molecule has 7 heteroatoms. The fraction of sp³-hybridized carbons (Fsp3) is 0.125. The summed E-state index contributed by atoms with van der Waals surface area (Å²) >= 11 is 0. The number of alkyl halides is 3. The van der Waals surface area contributed by atoms with Gasteiger partial charge in [-0.15, -0.1) is 0 Å². The second-order valence-electron chi connectivity index (χ2n) is 4.89. The zero-order chi connectivity index (χ0) is 16.4. The molecule has 0 radical (unpaired) electrons. The lowest BCUT2D eigenvalue weighted by Crippen LogP contribution is -2.22. The summed E-state index contributed by atoms with van der Waals surface area (Å²) in [5.41, 5.74) is -0.0585. The van der Waals surface area contributed by atoms with Crippen molar-refractivity contribution in [3.63, 3.8) is 0 Å². The number of aromatic nitrogens is 2. The molecule has 0 N–H and O–H groups in total. The van der Waals surface area contributed by atoms with Gasteiger partial charge in [-0.25, -0.2) is 4.68 Å². The molecule has 0 saturated carbocycles. The number of hydrogen-bond acceptors (Lipinski definition) is 3. The van der Waals surface area contributed by atoms with Gasteiger partial charge in [0.2, 0.25) is 0 Å². The minimum atomic E-state index is -4.38. The fourth-order valence-electron chi connectivity index (χ4n) is 2.09. The zero-order valence-electron chi connectivity index (χ0n) is 11.7. The van der Waals surface area contributed by atoms with Gasteiger partial charge in [0.15, 0.2) is 5.76 Å². The van der Waals surface area contributed by atoms with E-state index in [4.69, 9.17) is 4.42 Å². The van der Waals surface area contributed by atoms with Gasteiger partial charge in [-0.1, -0.05) is 12.1 Å². The minimum absolute atomic E-state index is 0.0749. The maximum Gasteiger partial charge on any atom is 0.416 e. The van der Waals surface area contributed by atoms with E-state index in [1.54, 1.807) is 12.1 Å². The summed E-state index contributed by atoms with van der Waals surface area (Å²) in [6, 6.07) is 10.9. The van der Waals surface area contributed by atoms with E-state index in [-0.39, 0.29) is 12.1 Å². The van der Waals surface area contributed by atoms with Crippen molar-refractivity contribution in [3.05, 3.63) is 76.3 Å². The van der Waals surface area contributed by atoms with Crippen molar-refractivity contribution < 1.29 is 17.6 Å². The van der Waals surface area contributed by atoms with E-state index < -0.39 is 11.7 Å². The molecular weight excluding hydrogens is 309 g/mol. The first kappa shape index (κ1) is 15.1. The van der Waals surface area contributed by atoms with E-state index in [9.17, 15) is 18.0 Å². The molecule has 1 aromatic carbocycles. The molecule has 0 aliphatic heterocycles. The highest BCUT2D eigenvalue weighted by Crippen LogP contribution is 2.29. The Labute approximate surface area is 128 Å². The topological polar surface area (TPSA) is 48.0 Å². The lowest BCUT2D eigenvalue weighted by atomic mass is 10.1. The Bertz CT molecular complexity index is 850. The molecule has 0 saturated heterocycles. The monoisotopic (exact) mass is 320 g/mol. The van der Waals surface area contributed by atoms with Crippen molar-refractivity contribution >= 4 is 0 Å². The highest BCUT2D eigenvalue weighted by molar-refractivity contribution is 5.50. The molecule has 0 aliphatic carbocycles. The molecule has 118 valence electrons. The molecule has 0 spiro atoms. The van der Waals surface area contributed by atoms with Crippen molar-refractivity contribution in [1.29, 1.82) is 0 Å². The Morgan fingerprint density at radius 3 is 2.39 bits per heavy atom.